The summed E-state index contributed by atoms with van der Waals surface area (Å²) in [6.07, 6.45) is 2.61. The van der Waals surface area contributed by atoms with Crippen LogP contribution in [-0.4, -0.2) is 23.8 Å². The molecule has 0 aliphatic heterocycles. The smallest absolute Gasteiger partial charge is 0.277 e. The van der Waals surface area contributed by atoms with Crippen molar-refractivity contribution in [2.75, 3.05) is 6.61 Å². The zero-order valence-electron chi connectivity index (χ0n) is 14.5. The molecule has 0 spiro atoms. The van der Waals surface area contributed by atoms with E-state index in [1.807, 2.05) is 69.4 Å². The maximum absolute atomic E-state index is 11.8. The Balaban J connectivity index is 1.83. The Morgan fingerprint density at radius 3 is 2.46 bits per heavy atom. The van der Waals surface area contributed by atoms with Crippen molar-refractivity contribution in [3.63, 3.8) is 0 Å². The molecular weight excluding hydrogens is 558 g/mol. The molecule has 138 valence electrons. The highest BCUT2D eigenvalue weighted by atomic mass is 127. The minimum absolute atomic E-state index is 0.106. The van der Waals surface area contributed by atoms with Crippen LogP contribution in [0, 0.1) is 7.14 Å². The third-order valence-electron chi connectivity index (χ3n) is 3.87. The van der Waals surface area contributed by atoms with E-state index in [1.165, 1.54) is 11.8 Å². The molecule has 0 aromatic heterocycles. The minimum atomic E-state index is -0.338. The number of ether oxygens (including phenoxy) is 1. The molecule has 0 saturated heterocycles. The molecule has 0 aliphatic rings. The molecular formula is C19H20I2N2O3. The van der Waals surface area contributed by atoms with E-state index < -0.39 is 0 Å². The molecule has 0 bridgehead atoms. The molecule has 0 unspecified atom stereocenters. The number of phenols is 1. The molecule has 0 fully saturated rings. The standard InChI is InChI=1S/C19H20I2N2O3/c1-3-12(2)14-4-6-15(7-5-14)26-11-18(24)23-22-10-13-8-16(20)19(25)17(21)9-13/h4-10,12,25H,3,11H2,1-2H3,(H,23,24)/b22-10+/t12-/m0/s1. The number of aromatic hydroxyl groups is 1. The van der Waals surface area contributed by atoms with Crippen molar-refractivity contribution in [2.45, 2.75) is 26.2 Å². The Labute approximate surface area is 180 Å². The summed E-state index contributed by atoms with van der Waals surface area (Å²) in [5, 5.41) is 13.7. The van der Waals surface area contributed by atoms with Gasteiger partial charge in [-0.1, -0.05) is 26.0 Å². The fourth-order valence-corrected chi connectivity index (χ4v) is 3.96. The Hall–Kier alpha value is -1.36. The lowest BCUT2D eigenvalue weighted by Crippen LogP contribution is -2.24. The second-order valence-corrected chi connectivity index (χ2v) is 8.12. The molecule has 0 heterocycles. The molecule has 1 amide bonds. The van der Waals surface area contributed by atoms with E-state index in [0.29, 0.717) is 11.7 Å². The largest absolute Gasteiger partial charge is 0.506 e. The molecule has 26 heavy (non-hydrogen) atoms. The number of phenolic OH excluding ortho intramolecular Hbond substituents is 1. The fraction of sp³-hybridized carbons (Fsp3) is 0.263. The maximum Gasteiger partial charge on any atom is 0.277 e. The number of hydrogen-bond donors (Lipinski definition) is 2. The first-order valence-electron chi connectivity index (χ1n) is 8.13. The molecule has 0 aliphatic carbocycles. The van der Waals surface area contributed by atoms with Gasteiger partial charge in [-0.3, -0.25) is 4.79 Å². The summed E-state index contributed by atoms with van der Waals surface area (Å²) in [6, 6.07) is 11.4. The topological polar surface area (TPSA) is 70.9 Å². The number of rotatable bonds is 7. The van der Waals surface area contributed by atoms with Gasteiger partial charge < -0.3 is 9.84 Å². The molecule has 2 N–H and O–H groups in total. The van der Waals surface area contributed by atoms with E-state index in [9.17, 15) is 9.90 Å². The van der Waals surface area contributed by atoms with Crippen LogP contribution >= 0.6 is 45.2 Å². The number of benzene rings is 2. The van der Waals surface area contributed by atoms with Gasteiger partial charge in [0.15, 0.2) is 6.61 Å². The first-order valence-corrected chi connectivity index (χ1v) is 10.3. The number of amides is 1. The van der Waals surface area contributed by atoms with Gasteiger partial charge >= 0.3 is 0 Å². The SMILES string of the molecule is CC[C@H](C)c1ccc(OCC(=O)N/N=C/c2cc(I)c(O)c(I)c2)cc1. The molecule has 0 saturated carbocycles. The number of carbonyl (C=O) groups is 1. The first kappa shape index (κ1) is 20.9. The molecule has 2 aromatic rings. The highest BCUT2D eigenvalue weighted by molar-refractivity contribution is 14.1. The van der Waals surface area contributed by atoms with Gasteiger partial charge in [0.25, 0.3) is 5.91 Å². The number of hydrazone groups is 1. The van der Waals surface area contributed by atoms with Crippen LogP contribution in [0.1, 0.15) is 37.3 Å². The van der Waals surface area contributed by atoms with Gasteiger partial charge in [-0.25, -0.2) is 5.43 Å². The van der Waals surface area contributed by atoms with Gasteiger partial charge in [0.1, 0.15) is 11.5 Å². The predicted octanol–water partition coefficient (Wildman–Crippen LogP) is 4.64. The number of nitrogens with one attached hydrogen (secondary N) is 1. The van der Waals surface area contributed by atoms with Crippen molar-refractivity contribution in [3.05, 3.63) is 54.7 Å². The van der Waals surface area contributed by atoms with Crippen LogP contribution in [0.2, 0.25) is 0 Å². The lowest BCUT2D eigenvalue weighted by Gasteiger charge is -2.10. The molecule has 5 nitrogen and oxygen atoms in total. The van der Waals surface area contributed by atoms with Gasteiger partial charge in [0, 0.05) is 0 Å². The second kappa shape index (κ2) is 10.1. The number of carbonyl (C=O) groups excluding carboxylic acids is 1. The van der Waals surface area contributed by atoms with E-state index in [1.54, 1.807) is 12.1 Å². The molecule has 0 radical (unpaired) electrons. The molecule has 1 atom stereocenters. The summed E-state index contributed by atoms with van der Waals surface area (Å²) in [7, 11) is 0. The average molecular weight is 578 g/mol. The van der Waals surface area contributed by atoms with E-state index in [4.69, 9.17) is 4.74 Å². The van der Waals surface area contributed by atoms with Crippen LogP contribution in [0.5, 0.6) is 11.5 Å². The van der Waals surface area contributed by atoms with Crippen LogP contribution in [0.3, 0.4) is 0 Å². The quantitative estimate of drug-likeness (QED) is 0.286. The first-order chi connectivity index (χ1) is 12.4. The van der Waals surface area contributed by atoms with Crippen molar-refractivity contribution in [3.8, 4) is 11.5 Å². The van der Waals surface area contributed by atoms with Crippen LogP contribution < -0.4 is 10.2 Å². The Morgan fingerprint density at radius 2 is 1.88 bits per heavy atom. The van der Waals surface area contributed by atoms with Gasteiger partial charge in [0.05, 0.1) is 13.4 Å². The zero-order valence-corrected chi connectivity index (χ0v) is 18.8. The summed E-state index contributed by atoms with van der Waals surface area (Å²) in [5.74, 6) is 1.07. The van der Waals surface area contributed by atoms with E-state index in [-0.39, 0.29) is 18.3 Å². The summed E-state index contributed by atoms with van der Waals surface area (Å²) in [4.78, 5) is 11.8. The third kappa shape index (κ3) is 6.11. The van der Waals surface area contributed by atoms with Crippen molar-refractivity contribution in [1.29, 1.82) is 0 Å². The molecule has 7 heteroatoms. The predicted molar refractivity (Wildman–Crippen MR) is 120 cm³/mol. The summed E-state index contributed by atoms with van der Waals surface area (Å²) in [6.45, 7) is 4.22. The van der Waals surface area contributed by atoms with Gasteiger partial charge in [-0.05, 0) is 92.9 Å². The minimum Gasteiger partial charge on any atom is -0.506 e. The fourth-order valence-electron chi connectivity index (χ4n) is 2.15. The molecule has 2 aromatic carbocycles. The zero-order chi connectivity index (χ0) is 19.1. The monoisotopic (exact) mass is 578 g/mol. The van der Waals surface area contributed by atoms with E-state index >= 15 is 0 Å². The summed E-state index contributed by atoms with van der Waals surface area (Å²) >= 11 is 4.09. The van der Waals surface area contributed by atoms with Crippen LogP contribution in [0.15, 0.2) is 41.5 Å². The Bertz CT molecular complexity index is 769. The Morgan fingerprint density at radius 1 is 1.27 bits per heavy atom. The van der Waals surface area contributed by atoms with Crippen molar-refractivity contribution >= 4 is 57.3 Å². The average Bonchev–Trinajstić information content (AvgIpc) is 2.64. The van der Waals surface area contributed by atoms with Gasteiger partial charge in [-0.2, -0.15) is 5.10 Å². The van der Waals surface area contributed by atoms with Crippen molar-refractivity contribution < 1.29 is 14.6 Å². The van der Waals surface area contributed by atoms with Crippen molar-refractivity contribution in [2.24, 2.45) is 5.10 Å². The summed E-state index contributed by atoms with van der Waals surface area (Å²) in [5.41, 5.74) is 4.48. The number of hydrogen-bond acceptors (Lipinski definition) is 4. The highest BCUT2D eigenvalue weighted by Crippen LogP contribution is 2.26. The van der Waals surface area contributed by atoms with Gasteiger partial charge in [0.2, 0.25) is 0 Å². The third-order valence-corrected chi connectivity index (χ3v) is 5.52. The van der Waals surface area contributed by atoms with E-state index in [2.05, 4.69) is 24.4 Å². The van der Waals surface area contributed by atoms with Crippen molar-refractivity contribution in [1.82, 2.24) is 5.43 Å². The molecule has 2 rings (SSSR count). The van der Waals surface area contributed by atoms with Crippen LogP contribution in [0.4, 0.5) is 0 Å². The lowest BCUT2D eigenvalue weighted by atomic mass is 9.99. The maximum atomic E-state index is 11.8. The Kier molecular flexibility index (Phi) is 8.14. The number of halogens is 2. The van der Waals surface area contributed by atoms with Crippen LogP contribution in [0.25, 0.3) is 0 Å². The lowest BCUT2D eigenvalue weighted by molar-refractivity contribution is -0.123. The normalized spacial score (nSPS) is 12.2. The van der Waals surface area contributed by atoms with E-state index in [0.717, 1.165) is 19.1 Å². The highest BCUT2D eigenvalue weighted by Gasteiger charge is 2.06. The summed E-state index contributed by atoms with van der Waals surface area (Å²) < 4.78 is 6.93. The number of nitrogens with zero attached hydrogens (tertiary/aromatic N) is 1. The van der Waals surface area contributed by atoms with Crippen LogP contribution in [-0.2, 0) is 4.79 Å². The van der Waals surface area contributed by atoms with Gasteiger partial charge in [-0.15, -0.1) is 0 Å². The second-order valence-electron chi connectivity index (χ2n) is 5.79.